The van der Waals surface area contributed by atoms with E-state index in [2.05, 4.69) is 5.32 Å². The molecule has 1 saturated heterocycles. The van der Waals surface area contributed by atoms with Crippen LogP contribution in [0.25, 0.3) is 0 Å². The SMILES string of the molecule is COc1ccc(NC(=O)N(CC(=O)N(CCc2ccc(OC)c(OC)c2)Cc2cccs2)CC2CCCO2)c(OC)c1. The van der Waals surface area contributed by atoms with E-state index in [1.807, 2.05) is 35.7 Å². The van der Waals surface area contributed by atoms with E-state index in [1.54, 1.807) is 55.8 Å². The quantitative estimate of drug-likeness (QED) is 0.277. The fourth-order valence-corrected chi connectivity index (χ4v) is 5.51. The molecule has 10 nitrogen and oxygen atoms in total. The molecule has 1 aliphatic heterocycles. The van der Waals surface area contributed by atoms with Gasteiger partial charge in [0.25, 0.3) is 0 Å². The molecule has 4 rings (SSSR count). The predicted molar refractivity (Wildman–Crippen MR) is 162 cm³/mol. The van der Waals surface area contributed by atoms with Gasteiger partial charge in [0.1, 0.15) is 18.0 Å². The summed E-state index contributed by atoms with van der Waals surface area (Å²) in [7, 11) is 6.29. The zero-order chi connectivity index (χ0) is 29.9. The molecule has 1 fully saturated rings. The number of hydrogen-bond acceptors (Lipinski definition) is 8. The Balaban J connectivity index is 1.51. The zero-order valence-electron chi connectivity index (χ0n) is 24.6. The van der Waals surface area contributed by atoms with Gasteiger partial charge in [0.05, 0.1) is 46.8 Å². The minimum Gasteiger partial charge on any atom is -0.497 e. The average molecular weight is 598 g/mol. The third kappa shape index (κ3) is 8.29. The molecule has 3 aromatic rings. The lowest BCUT2D eigenvalue weighted by Crippen LogP contribution is -2.47. The second kappa shape index (κ2) is 15.3. The summed E-state index contributed by atoms with van der Waals surface area (Å²) >= 11 is 1.59. The number of thiophene rings is 1. The minimum absolute atomic E-state index is 0.0958. The predicted octanol–water partition coefficient (Wildman–Crippen LogP) is 5.07. The molecule has 226 valence electrons. The number of hydrogen-bond donors (Lipinski definition) is 1. The molecule has 2 aromatic carbocycles. The summed E-state index contributed by atoms with van der Waals surface area (Å²) in [4.78, 5) is 31.8. The smallest absolute Gasteiger partial charge is 0.322 e. The molecule has 11 heteroatoms. The van der Waals surface area contributed by atoms with Crippen LogP contribution < -0.4 is 24.3 Å². The largest absolute Gasteiger partial charge is 0.497 e. The van der Waals surface area contributed by atoms with Crippen LogP contribution >= 0.6 is 11.3 Å². The first-order chi connectivity index (χ1) is 20.4. The number of benzene rings is 2. The van der Waals surface area contributed by atoms with Crippen molar-refractivity contribution in [2.24, 2.45) is 0 Å². The Hall–Kier alpha value is -3.96. The van der Waals surface area contributed by atoms with Gasteiger partial charge >= 0.3 is 6.03 Å². The number of anilines is 1. The first kappa shape index (κ1) is 31.0. The molecular formula is C31H39N3O7S. The Labute approximate surface area is 251 Å². The molecule has 0 spiro atoms. The second-order valence-corrected chi connectivity index (χ2v) is 10.9. The summed E-state index contributed by atoms with van der Waals surface area (Å²) in [6, 6.07) is 14.5. The molecule has 3 amide bonds. The molecule has 0 aliphatic carbocycles. The number of carbonyl (C=O) groups is 2. The maximum absolute atomic E-state index is 13.8. The Kier molecular flexibility index (Phi) is 11.3. The van der Waals surface area contributed by atoms with Crippen LogP contribution in [0.4, 0.5) is 10.5 Å². The zero-order valence-corrected chi connectivity index (χ0v) is 25.4. The highest BCUT2D eigenvalue weighted by molar-refractivity contribution is 7.09. The van der Waals surface area contributed by atoms with Crippen LogP contribution in [0.2, 0.25) is 0 Å². The van der Waals surface area contributed by atoms with Crippen LogP contribution in [0.1, 0.15) is 23.3 Å². The summed E-state index contributed by atoms with van der Waals surface area (Å²) < 4.78 is 27.4. The lowest BCUT2D eigenvalue weighted by Gasteiger charge is -2.29. The number of ether oxygens (including phenoxy) is 5. The van der Waals surface area contributed by atoms with Gasteiger partial charge in [0.2, 0.25) is 5.91 Å². The molecule has 0 bridgehead atoms. The third-order valence-corrected chi connectivity index (χ3v) is 7.97. The lowest BCUT2D eigenvalue weighted by molar-refractivity contribution is -0.132. The summed E-state index contributed by atoms with van der Waals surface area (Å²) in [5, 5.41) is 4.91. The topological polar surface area (TPSA) is 98.8 Å². The summed E-state index contributed by atoms with van der Waals surface area (Å²) in [6.07, 6.45) is 2.25. The highest BCUT2D eigenvalue weighted by Crippen LogP contribution is 2.30. The first-order valence-electron chi connectivity index (χ1n) is 13.8. The Bertz CT molecular complexity index is 1310. The van der Waals surface area contributed by atoms with E-state index >= 15 is 0 Å². The van der Waals surface area contributed by atoms with Crippen LogP contribution in [-0.2, 0) is 22.5 Å². The monoisotopic (exact) mass is 597 g/mol. The van der Waals surface area contributed by atoms with Crippen molar-refractivity contribution in [3.05, 3.63) is 64.4 Å². The molecule has 2 heterocycles. The maximum Gasteiger partial charge on any atom is 0.322 e. The molecule has 1 aromatic heterocycles. The van der Waals surface area contributed by atoms with Crippen LogP contribution in [0, 0.1) is 0 Å². The van der Waals surface area contributed by atoms with Gasteiger partial charge in [0.15, 0.2) is 11.5 Å². The summed E-state index contributed by atoms with van der Waals surface area (Å²) in [5.74, 6) is 2.20. The number of urea groups is 1. The molecule has 1 N–H and O–H groups in total. The van der Waals surface area contributed by atoms with Gasteiger partial charge in [-0.25, -0.2) is 4.79 Å². The van der Waals surface area contributed by atoms with Gasteiger partial charge in [-0.3, -0.25) is 4.79 Å². The van der Waals surface area contributed by atoms with E-state index in [0.29, 0.717) is 61.3 Å². The third-order valence-electron chi connectivity index (χ3n) is 7.11. The standard InChI is InChI=1S/C31H39N3O7S/c1-37-23-10-11-26(28(18-23)39-3)32-31(36)34(19-24-7-5-15-41-24)21-30(35)33(20-25-8-6-16-42-25)14-13-22-9-12-27(38-2)29(17-22)40-4/h6,8-12,16-18,24H,5,7,13-15,19-21H2,1-4H3,(H,32,36). The Morgan fingerprint density at radius 2 is 1.76 bits per heavy atom. The molecule has 0 saturated carbocycles. The number of amides is 3. The Morgan fingerprint density at radius 3 is 2.43 bits per heavy atom. The Morgan fingerprint density at radius 1 is 0.952 bits per heavy atom. The van der Waals surface area contributed by atoms with Crippen molar-refractivity contribution in [2.75, 3.05) is 60.0 Å². The van der Waals surface area contributed by atoms with Crippen LogP contribution in [-0.4, -0.2) is 82.5 Å². The fraction of sp³-hybridized carbons (Fsp3) is 0.419. The summed E-state index contributed by atoms with van der Waals surface area (Å²) in [5.41, 5.74) is 1.49. The van der Waals surface area contributed by atoms with Crippen molar-refractivity contribution < 1.29 is 33.3 Å². The molecule has 0 radical (unpaired) electrons. The lowest BCUT2D eigenvalue weighted by atomic mass is 10.1. The summed E-state index contributed by atoms with van der Waals surface area (Å²) in [6.45, 7) is 1.77. The first-order valence-corrected chi connectivity index (χ1v) is 14.7. The fourth-order valence-electron chi connectivity index (χ4n) is 4.80. The number of nitrogens with zero attached hydrogens (tertiary/aromatic N) is 2. The number of rotatable bonds is 14. The van der Waals surface area contributed by atoms with E-state index in [9.17, 15) is 9.59 Å². The molecule has 1 unspecified atom stereocenters. The van der Waals surface area contributed by atoms with Gasteiger partial charge in [-0.2, -0.15) is 0 Å². The van der Waals surface area contributed by atoms with E-state index in [1.165, 1.54) is 12.0 Å². The number of methoxy groups -OCH3 is 4. The van der Waals surface area contributed by atoms with Crippen molar-refractivity contribution >= 4 is 29.0 Å². The molecule has 1 atom stereocenters. The van der Waals surface area contributed by atoms with Crippen LogP contribution in [0.5, 0.6) is 23.0 Å². The van der Waals surface area contributed by atoms with Crippen molar-refractivity contribution in [3.63, 3.8) is 0 Å². The van der Waals surface area contributed by atoms with Crippen LogP contribution in [0.3, 0.4) is 0 Å². The molecular weight excluding hydrogens is 558 g/mol. The van der Waals surface area contributed by atoms with E-state index in [0.717, 1.165) is 23.3 Å². The van der Waals surface area contributed by atoms with Gasteiger partial charge < -0.3 is 38.8 Å². The van der Waals surface area contributed by atoms with Crippen molar-refractivity contribution in [2.45, 2.75) is 31.9 Å². The van der Waals surface area contributed by atoms with Gasteiger partial charge in [0, 0.05) is 30.6 Å². The molecule has 1 aliphatic rings. The van der Waals surface area contributed by atoms with Crippen LogP contribution in [0.15, 0.2) is 53.9 Å². The maximum atomic E-state index is 13.8. The average Bonchev–Trinajstić information content (AvgIpc) is 3.73. The van der Waals surface area contributed by atoms with Crippen molar-refractivity contribution in [1.29, 1.82) is 0 Å². The van der Waals surface area contributed by atoms with Gasteiger partial charge in [-0.15, -0.1) is 11.3 Å². The van der Waals surface area contributed by atoms with Crippen molar-refractivity contribution in [3.8, 4) is 23.0 Å². The molecule has 42 heavy (non-hydrogen) atoms. The van der Waals surface area contributed by atoms with Gasteiger partial charge in [-0.1, -0.05) is 12.1 Å². The highest BCUT2D eigenvalue weighted by atomic mass is 32.1. The van der Waals surface area contributed by atoms with E-state index in [4.69, 9.17) is 23.7 Å². The normalized spacial score (nSPS) is 14.2. The van der Waals surface area contributed by atoms with Crippen molar-refractivity contribution in [1.82, 2.24) is 9.80 Å². The number of nitrogens with one attached hydrogen (secondary N) is 1. The highest BCUT2D eigenvalue weighted by Gasteiger charge is 2.27. The van der Waals surface area contributed by atoms with E-state index in [-0.39, 0.29) is 18.6 Å². The minimum atomic E-state index is -0.404. The van der Waals surface area contributed by atoms with Gasteiger partial charge in [-0.05, 0) is 60.5 Å². The van der Waals surface area contributed by atoms with E-state index < -0.39 is 6.03 Å². The number of carbonyl (C=O) groups excluding carboxylic acids is 2. The second-order valence-electron chi connectivity index (χ2n) is 9.85.